The van der Waals surface area contributed by atoms with E-state index in [1.807, 2.05) is 18.2 Å². The number of hydrogen-bond acceptors (Lipinski definition) is 3. The fourth-order valence-electron chi connectivity index (χ4n) is 2.72. The van der Waals surface area contributed by atoms with Crippen LogP contribution in [0.15, 0.2) is 30.3 Å². The lowest BCUT2D eigenvalue weighted by Gasteiger charge is -2.26. The van der Waals surface area contributed by atoms with E-state index in [0.717, 1.165) is 13.1 Å². The normalized spacial score (nSPS) is 24.1. The Labute approximate surface area is 114 Å². The molecular weight excluding hydrogens is 240 g/mol. The Morgan fingerprint density at radius 1 is 1.42 bits per heavy atom. The van der Waals surface area contributed by atoms with Crippen molar-refractivity contribution in [1.82, 2.24) is 4.90 Å². The Bertz CT molecular complexity index is 445. The molecule has 0 aliphatic carbocycles. The van der Waals surface area contributed by atoms with Gasteiger partial charge in [0.05, 0.1) is 0 Å². The van der Waals surface area contributed by atoms with E-state index in [4.69, 9.17) is 10.5 Å². The minimum absolute atomic E-state index is 0.0714. The Hall–Kier alpha value is -1.55. The smallest absolute Gasteiger partial charge is 0.404 e. The summed E-state index contributed by atoms with van der Waals surface area (Å²) in [5.41, 5.74) is 6.35. The molecule has 0 saturated carbocycles. The van der Waals surface area contributed by atoms with Crippen LogP contribution in [0.25, 0.3) is 0 Å². The van der Waals surface area contributed by atoms with Crippen LogP contribution in [0.4, 0.5) is 4.79 Å². The van der Waals surface area contributed by atoms with E-state index in [1.165, 1.54) is 5.56 Å². The lowest BCUT2D eigenvalue weighted by molar-refractivity contribution is 0.0598. The number of amides is 1. The summed E-state index contributed by atoms with van der Waals surface area (Å²) in [7, 11) is 0. The zero-order valence-corrected chi connectivity index (χ0v) is 11.8. The number of ether oxygens (including phenoxy) is 1. The number of nitrogens with two attached hydrogens (primary N) is 1. The quantitative estimate of drug-likeness (QED) is 0.910. The van der Waals surface area contributed by atoms with E-state index in [0.29, 0.717) is 6.04 Å². The highest BCUT2D eigenvalue weighted by Crippen LogP contribution is 2.36. The van der Waals surface area contributed by atoms with Gasteiger partial charge >= 0.3 is 6.09 Å². The third kappa shape index (κ3) is 3.07. The molecule has 0 bridgehead atoms. The molecule has 1 fully saturated rings. The molecule has 0 spiro atoms. The SMILES string of the molecule is C[C@H](c1ccccc1)N1CC(OC(N)=O)C(C)(C)C1. The average Bonchev–Trinajstić information content (AvgIpc) is 2.64. The standard InChI is InChI=1S/C15H22N2O2/c1-11(12-7-5-4-6-8-12)17-9-13(19-14(16)18)15(2,3)10-17/h4-8,11,13H,9-10H2,1-3H3,(H2,16,18)/t11-,13?/m1/s1. The first-order chi connectivity index (χ1) is 8.90. The highest BCUT2D eigenvalue weighted by atomic mass is 16.6. The fourth-order valence-corrected chi connectivity index (χ4v) is 2.72. The van der Waals surface area contributed by atoms with Crippen molar-refractivity contribution in [2.24, 2.45) is 11.1 Å². The molecule has 104 valence electrons. The summed E-state index contributed by atoms with van der Waals surface area (Å²) >= 11 is 0. The maximum Gasteiger partial charge on any atom is 0.404 e. The second-order valence-electron chi connectivity index (χ2n) is 5.93. The zero-order valence-electron chi connectivity index (χ0n) is 11.8. The van der Waals surface area contributed by atoms with Gasteiger partial charge in [-0.1, -0.05) is 44.2 Å². The molecule has 1 saturated heterocycles. The van der Waals surface area contributed by atoms with E-state index in [9.17, 15) is 4.79 Å². The van der Waals surface area contributed by atoms with Crippen molar-refractivity contribution in [2.75, 3.05) is 13.1 Å². The van der Waals surface area contributed by atoms with Crippen LogP contribution in [0.2, 0.25) is 0 Å². The molecule has 4 heteroatoms. The largest absolute Gasteiger partial charge is 0.444 e. The van der Waals surface area contributed by atoms with Gasteiger partial charge in [0, 0.05) is 24.5 Å². The molecule has 1 aliphatic rings. The first-order valence-corrected chi connectivity index (χ1v) is 6.65. The van der Waals surface area contributed by atoms with Crippen molar-refractivity contribution in [2.45, 2.75) is 32.9 Å². The number of carbonyl (C=O) groups excluding carboxylic acids is 1. The minimum atomic E-state index is -0.688. The van der Waals surface area contributed by atoms with Crippen LogP contribution in [-0.2, 0) is 4.74 Å². The molecular formula is C15H22N2O2. The molecule has 19 heavy (non-hydrogen) atoms. The summed E-state index contributed by atoms with van der Waals surface area (Å²) in [5.74, 6) is 0. The number of likely N-dealkylation sites (tertiary alicyclic amines) is 1. The summed E-state index contributed by atoms with van der Waals surface area (Å²) in [5, 5.41) is 0. The van der Waals surface area contributed by atoms with Crippen LogP contribution in [-0.4, -0.2) is 30.2 Å². The molecule has 1 unspecified atom stereocenters. The molecule has 2 N–H and O–H groups in total. The average molecular weight is 262 g/mol. The second kappa shape index (κ2) is 5.21. The van der Waals surface area contributed by atoms with Gasteiger partial charge in [-0.3, -0.25) is 4.90 Å². The maximum atomic E-state index is 11.0. The zero-order chi connectivity index (χ0) is 14.0. The van der Waals surface area contributed by atoms with E-state index < -0.39 is 6.09 Å². The molecule has 1 aliphatic heterocycles. The van der Waals surface area contributed by atoms with Crippen molar-refractivity contribution in [3.05, 3.63) is 35.9 Å². The molecule has 0 aromatic heterocycles. The van der Waals surface area contributed by atoms with Crippen LogP contribution in [0, 0.1) is 5.41 Å². The molecule has 1 aromatic carbocycles. The Morgan fingerprint density at radius 3 is 2.63 bits per heavy atom. The summed E-state index contributed by atoms with van der Waals surface area (Å²) in [4.78, 5) is 13.3. The van der Waals surface area contributed by atoms with Crippen molar-refractivity contribution in [3.8, 4) is 0 Å². The molecule has 2 rings (SSSR count). The third-order valence-electron chi connectivity index (χ3n) is 3.97. The molecule has 0 radical (unpaired) electrons. The van der Waals surface area contributed by atoms with Crippen molar-refractivity contribution in [1.29, 1.82) is 0 Å². The van der Waals surface area contributed by atoms with Crippen LogP contribution in [0.1, 0.15) is 32.4 Å². The molecule has 2 atom stereocenters. The number of hydrogen-bond donors (Lipinski definition) is 1. The maximum absolute atomic E-state index is 11.0. The van der Waals surface area contributed by atoms with Gasteiger partial charge in [0.25, 0.3) is 0 Å². The van der Waals surface area contributed by atoms with Crippen LogP contribution >= 0.6 is 0 Å². The van der Waals surface area contributed by atoms with Crippen LogP contribution < -0.4 is 5.73 Å². The van der Waals surface area contributed by atoms with E-state index in [2.05, 4.69) is 37.8 Å². The summed E-state index contributed by atoms with van der Waals surface area (Å²) < 4.78 is 5.24. The number of primary amides is 1. The predicted molar refractivity (Wildman–Crippen MR) is 74.7 cm³/mol. The summed E-state index contributed by atoms with van der Waals surface area (Å²) in [6.07, 6.45) is -0.830. The van der Waals surface area contributed by atoms with Crippen LogP contribution in [0.5, 0.6) is 0 Å². The van der Waals surface area contributed by atoms with E-state index in [1.54, 1.807) is 0 Å². The van der Waals surface area contributed by atoms with Crippen LogP contribution in [0.3, 0.4) is 0 Å². The second-order valence-corrected chi connectivity index (χ2v) is 5.93. The Morgan fingerprint density at radius 2 is 2.05 bits per heavy atom. The van der Waals surface area contributed by atoms with Gasteiger partial charge in [-0.05, 0) is 12.5 Å². The molecule has 1 amide bonds. The molecule has 1 aromatic rings. The summed E-state index contributed by atoms with van der Waals surface area (Å²) in [6, 6.07) is 10.7. The highest BCUT2D eigenvalue weighted by Gasteiger charge is 2.43. The van der Waals surface area contributed by atoms with Gasteiger partial charge < -0.3 is 10.5 Å². The van der Waals surface area contributed by atoms with Gasteiger partial charge in [0.1, 0.15) is 6.10 Å². The monoisotopic (exact) mass is 262 g/mol. The predicted octanol–water partition coefficient (Wildman–Crippen LogP) is 2.55. The first kappa shape index (κ1) is 13.9. The Kier molecular flexibility index (Phi) is 3.80. The lowest BCUT2D eigenvalue weighted by atomic mass is 9.90. The van der Waals surface area contributed by atoms with Crippen molar-refractivity contribution >= 4 is 6.09 Å². The number of benzene rings is 1. The van der Waals surface area contributed by atoms with Gasteiger partial charge in [0.15, 0.2) is 0 Å². The highest BCUT2D eigenvalue weighted by molar-refractivity contribution is 5.65. The van der Waals surface area contributed by atoms with E-state index >= 15 is 0 Å². The van der Waals surface area contributed by atoms with Crippen molar-refractivity contribution < 1.29 is 9.53 Å². The fraction of sp³-hybridized carbons (Fsp3) is 0.533. The molecule has 4 nitrogen and oxygen atoms in total. The van der Waals surface area contributed by atoms with Gasteiger partial charge in [0.2, 0.25) is 0 Å². The number of carbonyl (C=O) groups is 1. The number of rotatable bonds is 3. The lowest BCUT2D eigenvalue weighted by Crippen LogP contribution is -2.34. The Balaban J connectivity index is 2.09. The first-order valence-electron chi connectivity index (χ1n) is 6.65. The third-order valence-corrected chi connectivity index (χ3v) is 3.97. The van der Waals surface area contributed by atoms with Gasteiger partial charge in [-0.15, -0.1) is 0 Å². The van der Waals surface area contributed by atoms with E-state index in [-0.39, 0.29) is 11.5 Å². The van der Waals surface area contributed by atoms with Gasteiger partial charge in [-0.2, -0.15) is 0 Å². The topological polar surface area (TPSA) is 55.6 Å². The van der Waals surface area contributed by atoms with Crippen molar-refractivity contribution in [3.63, 3.8) is 0 Å². The summed E-state index contributed by atoms with van der Waals surface area (Å²) in [6.45, 7) is 8.02. The number of nitrogens with zero attached hydrogens (tertiary/aromatic N) is 1. The molecule has 1 heterocycles. The van der Waals surface area contributed by atoms with Gasteiger partial charge in [-0.25, -0.2) is 4.79 Å². The minimum Gasteiger partial charge on any atom is -0.444 e.